The van der Waals surface area contributed by atoms with Crippen LogP contribution in [0.4, 0.5) is 11.4 Å². The Morgan fingerprint density at radius 3 is 2.40 bits per heavy atom. The van der Waals surface area contributed by atoms with Crippen molar-refractivity contribution in [1.82, 2.24) is 0 Å². The smallest absolute Gasteiger partial charge is 0.236 e. The highest BCUT2D eigenvalue weighted by atomic mass is 32.2. The molecule has 0 aliphatic rings. The van der Waals surface area contributed by atoms with E-state index in [0.717, 1.165) is 0 Å². The van der Waals surface area contributed by atoms with Gasteiger partial charge in [-0.25, -0.2) is 8.42 Å². The zero-order valence-corrected chi connectivity index (χ0v) is 11.8. The van der Waals surface area contributed by atoms with Gasteiger partial charge in [0.2, 0.25) is 10.0 Å². The summed E-state index contributed by atoms with van der Waals surface area (Å²) in [6.07, 6.45) is 0. The molecule has 5 nitrogen and oxygen atoms in total. The zero-order chi connectivity index (χ0) is 14.8. The summed E-state index contributed by atoms with van der Waals surface area (Å²) in [6.45, 7) is 1.74. The highest BCUT2D eigenvalue weighted by Crippen LogP contribution is 2.22. The van der Waals surface area contributed by atoms with Gasteiger partial charge in [-0.15, -0.1) is 0 Å². The van der Waals surface area contributed by atoms with E-state index < -0.39 is 10.0 Å². The molecule has 4 N–H and O–H groups in total. The molecule has 0 fully saturated rings. The second-order valence-electron chi connectivity index (χ2n) is 4.60. The lowest BCUT2D eigenvalue weighted by Gasteiger charge is -2.09. The first-order chi connectivity index (χ1) is 9.35. The van der Waals surface area contributed by atoms with Crippen molar-refractivity contribution < 1.29 is 13.5 Å². The Hall–Kier alpha value is -2.21. The maximum atomic E-state index is 12.0. The van der Waals surface area contributed by atoms with Gasteiger partial charge in [0, 0.05) is 11.8 Å². The Kier molecular flexibility index (Phi) is 3.85. The van der Waals surface area contributed by atoms with Crippen molar-refractivity contribution in [3.05, 3.63) is 53.6 Å². The number of nitrogen functional groups attached to an aromatic ring is 1. The molecular weight excluding hydrogens is 276 g/mol. The largest absolute Gasteiger partial charge is 0.508 e. The molecule has 20 heavy (non-hydrogen) atoms. The molecule has 0 saturated carbocycles. The molecule has 2 rings (SSSR count). The number of rotatable bonds is 4. The van der Waals surface area contributed by atoms with Crippen LogP contribution in [0.2, 0.25) is 0 Å². The number of aromatic hydroxyl groups is 1. The van der Waals surface area contributed by atoms with Gasteiger partial charge in [-0.1, -0.05) is 18.2 Å². The third-order valence-electron chi connectivity index (χ3n) is 2.82. The van der Waals surface area contributed by atoms with Crippen molar-refractivity contribution in [2.75, 3.05) is 10.5 Å². The van der Waals surface area contributed by atoms with E-state index >= 15 is 0 Å². The van der Waals surface area contributed by atoms with Crippen molar-refractivity contribution in [3.63, 3.8) is 0 Å². The molecular formula is C14H16N2O3S. The molecule has 0 saturated heterocycles. The van der Waals surface area contributed by atoms with Crippen molar-refractivity contribution in [1.29, 1.82) is 0 Å². The molecule has 0 aromatic heterocycles. The topological polar surface area (TPSA) is 92.4 Å². The summed E-state index contributed by atoms with van der Waals surface area (Å²) in [4.78, 5) is 0. The van der Waals surface area contributed by atoms with Crippen molar-refractivity contribution in [2.24, 2.45) is 0 Å². The second kappa shape index (κ2) is 5.42. The molecule has 0 aliphatic carbocycles. The number of aryl methyl sites for hydroxylation is 1. The number of nitrogens with two attached hydrogens (primary N) is 1. The van der Waals surface area contributed by atoms with Crippen LogP contribution in [-0.2, 0) is 15.8 Å². The minimum Gasteiger partial charge on any atom is -0.508 e. The van der Waals surface area contributed by atoms with E-state index in [-0.39, 0.29) is 11.5 Å². The lowest BCUT2D eigenvalue weighted by atomic mass is 10.2. The molecule has 0 spiro atoms. The summed E-state index contributed by atoms with van der Waals surface area (Å²) in [5.41, 5.74) is 7.80. The van der Waals surface area contributed by atoms with Gasteiger partial charge in [0.25, 0.3) is 0 Å². The monoisotopic (exact) mass is 292 g/mol. The first-order valence-electron chi connectivity index (χ1n) is 6.00. The highest BCUT2D eigenvalue weighted by Gasteiger charge is 2.12. The minimum atomic E-state index is -3.53. The standard InChI is InChI=1S/C14H16N2O3S/c1-10-2-7-13(8-14(10)17)16-20(18,19)9-11-3-5-12(15)6-4-11/h2-8,16-17H,9,15H2,1H3. The molecule has 6 heteroatoms. The lowest BCUT2D eigenvalue weighted by Crippen LogP contribution is -2.15. The summed E-state index contributed by atoms with van der Waals surface area (Å²) in [5, 5.41) is 9.57. The zero-order valence-electron chi connectivity index (χ0n) is 11.0. The Morgan fingerprint density at radius 2 is 1.80 bits per heavy atom. The number of phenolic OH excluding ortho intramolecular Hbond substituents is 1. The second-order valence-corrected chi connectivity index (χ2v) is 6.33. The fourth-order valence-electron chi connectivity index (χ4n) is 1.72. The maximum Gasteiger partial charge on any atom is 0.236 e. The molecule has 0 atom stereocenters. The van der Waals surface area contributed by atoms with Gasteiger partial charge in [-0.2, -0.15) is 0 Å². The maximum absolute atomic E-state index is 12.0. The number of sulfonamides is 1. The van der Waals surface area contributed by atoms with Crippen LogP contribution in [0.25, 0.3) is 0 Å². The van der Waals surface area contributed by atoms with Gasteiger partial charge in [0.05, 0.1) is 11.4 Å². The summed E-state index contributed by atoms with van der Waals surface area (Å²) in [7, 11) is -3.53. The van der Waals surface area contributed by atoms with Crippen LogP contribution in [0.5, 0.6) is 5.75 Å². The van der Waals surface area contributed by atoms with Crippen LogP contribution < -0.4 is 10.5 Å². The molecule has 0 aliphatic heterocycles. The van der Waals surface area contributed by atoms with Crippen LogP contribution in [0.1, 0.15) is 11.1 Å². The summed E-state index contributed by atoms with van der Waals surface area (Å²) in [5.74, 6) is -0.0975. The van der Waals surface area contributed by atoms with Gasteiger partial charge < -0.3 is 10.8 Å². The van der Waals surface area contributed by atoms with Crippen LogP contribution in [0, 0.1) is 6.92 Å². The van der Waals surface area contributed by atoms with Gasteiger partial charge in [0.1, 0.15) is 5.75 Å². The summed E-state index contributed by atoms with van der Waals surface area (Å²) >= 11 is 0. The number of nitrogens with one attached hydrogen (secondary N) is 1. The fraction of sp³-hybridized carbons (Fsp3) is 0.143. The third-order valence-corrected chi connectivity index (χ3v) is 4.08. The number of hydrogen-bond acceptors (Lipinski definition) is 4. The Balaban J connectivity index is 2.14. The summed E-state index contributed by atoms with van der Waals surface area (Å²) < 4.78 is 26.5. The van der Waals surface area contributed by atoms with Gasteiger partial charge in [-0.05, 0) is 36.2 Å². The molecule has 2 aromatic rings. The molecule has 2 aromatic carbocycles. The lowest BCUT2D eigenvalue weighted by molar-refractivity contribution is 0.471. The number of anilines is 2. The molecule has 0 heterocycles. The number of phenols is 1. The minimum absolute atomic E-state index is 0.0534. The first kappa shape index (κ1) is 14.2. The van der Waals surface area contributed by atoms with E-state index in [2.05, 4.69) is 4.72 Å². The van der Waals surface area contributed by atoms with E-state index in [9.17, 15) is 13.5 Å². The molecule has 0 amide bonds. The normalized spacial score (nSPS) is 11.2. The average Bonchev–Trinajstić information content (AvgIpc) is 2.36. The van der Waals surface area contributed by atoms with Crippen LogP contribution in [-0.4, -0.2) is 13.5 Å². The van der Waals surface area contributed by atoms with E-state index in [1.807, 2.05) is 0 Å². The fourth-order valence-corrected chi connectivity index (χ4v) is 2.91. The average molecular weight is 292 g/mol. The van der Waals surface area contributed by atoms with Gasteiger partial charge in [-0.3, -0.25) is 4.72 Å². The Labute approximate surface area is 118 Å². The highest BCUT2D eigenvalue weighted by molar-refractivity contribution is 7.91. The van der Waals surface area contributed by atoms with E-state index in [1.54, 1.807) is 43.3 Å². The first-order valence-corrected chi connectivity index (χ1v) is 7.65. The van der Waals surface area contributed by atoms with Crippen molar-refractivity contribution in [3.8, 4) is 5.75 Å². The molecule has 0 unspecified atom stereocenters. The van der Waals surface area contributed by atoms with Crippen LogP contribution in [0.15, 0.2) is 42.5 Å². The molecule has 0 radical (unpaired) electrons. The molecule has 0 bridgehead atoms. The van der Waals surface area contributed by atoms with Crippen LogP contribution >= 0.6 is 0 Å². The number of benzene rings is 2. The van der Waals surface area contributed by atoms with Crippen molar-refractivity contribution in [2.45, 2.75) is 12.7 Å². The Bertz CT molecular complexity index is 710. The van der Waals surface area contributed by atoms with E-state index in [4.69, 9.17) is 5.73 Å². The predicted octanol–water partition coefficient (Wildman–Crippen LogP) is 2.22. The Morgan fingerprint density at radius 1 is 1.15 bits per heavy atom. The van der Waals surface area contributed by atoms with E-state index in [0.29, 0.717) is 22.5 Å². The van der Waals surface area contributed by atoms with Crippen LogP contribution in [0.3, 0.4) is 0 Å². The van der Waals surface area contributed by atoms with Crippen molar-refractivity contribution >= 4 is 21.4 Å². The third kappa shape index (κ3) is 3.64. The quantitative estimate of drug-likeness (QED) is 0.753. The number of hydrogen-bond donors (Lipinski definition) is 3. The summed E-state index contributed by atoms with van der Waals surface area (Å²) in [6, 6.07) is 11.3. The van der Waals surface area contributed by atoms with E-state index in [1.165, 1.54) is 6.07 Å². The van der Waals surface area contributed by atoms with Gasteiger partial charge in [0.15, 0.2) is 0 Å². The molecule has 106 valence electrons. The predicted molar refractivity (Wildman–Crippen MR) is 79.9 cm³/mol. The van der Waals surface area contributed by atoms with Gasteiger partial charge >= 0.3 is 0 Å². The SMILES string of the molecule is Cc1ccc(NS(=O)(=O)Cc2ccc(N)cc2)cc1O.